The molecule has 0 spiro atoms. The van der Waals surface area contributed by atoms with Crippen molar-refractivity contribution in [3.63, 3.8) is 0 Å². The van der Waals surface area contributed by atoms with Crippen LogP contribution in [0.15, 0.2) is 59.5 Å². The van der Waals surface area contributed by atoms with Crippen LogP contribution < -0.4 is 5.32 Å². The fourth-order valence-corrected chi connectivity index (χ4v) is 4.40. The second-order valence-electron chi connectivity index (χ2n) is 5.39. The predicted octanol–water partition coefficient (Wildman–Crippen LogP) is 3.92. The van der Waals surface area contributed by atoms with Crippen molar-refractivity contribution in [2.75, 3.05) is 7.05 Å². The minimum Gasteiger partial charge on any atom is -0.316 e. The van der Waals surface area contributed by atoms with Gasteiger partial charge in [0.05, 0.1) is 0 Å². The summed E-state index contributed by atoms with van der Waals surface area (Å²) < 4.78 is 0. The second kappa shape index (κ2) is 6.47. The van der Waals surface area contributed by atoms with Gasteiger partial charge in [-0.15, -0.1) is 11.8 Å². The number of rotatable bonds is 5. The molecule has 0 aromatic heterocycles. The molecule has 0 radical (unpaired) electrons. The van der Waals surface area contributed by atoms with Gasteiger partial charge < -0.3 is 5.32 Å². The highest BCUT2D eigenvalue weighted by molar-refractivity contribution is 8.00. The Kier molecular flexibility index (Phi) is 4.44. The van der Waals surface area contributed by atoms with Crippen molar-refractivity contribution >= 4 is 11.8 Å². The van der Waals surface area contributed by atoms with Gasteiger partial charge in [-0.05, 0) is 43.5 Å². The van der Waals surface area contributed by atoms with Crippen molar-refractivity contribution in [3.05, 3.63) is 65.7 Å². The third-order valence-electron chi connectivity index (χ3n) is 4.08. The number of hydrogen-bond acceptors (Lipinski definition) is 2. The Morgan fingerprint density at radius 1 is 1.10 bits per heavy atom. The number of thioether (sulfide) groups is 1. The zero-order valence-electron chi connectivity index (χ0n) is 11.9. The van der Waals surface area contributed by atoms with E-state index in [0.717, 1.165) is 6.42 Å². The van der Waals surface area contributed by atoms with Crippen molar-refractivity contribution in [2.45, 2.75) is 35.4 Å². The average molecular weight is 283 g/mol. The quantitative estimate of drug-likeness (QED) is 0.892. The number of fused-ring (bicyclic) bond motifs is 1. The third-order valence-corrected chi connectivity index (χ3v) is 5.53. The SMILES string of the molecule is CNC(CCc1ccccc1)C1Cc2ccccc2S1. The van der Waals surface area contributed by atoms with Gasteiger partial charge in [0.15, 0.2) is 0 Å². The maximum absolute atomic E-state index is 3.53. The molecule has 104 valence electrons. The molecule has 2 heteroatoms. The van der Waals surface area contributed by atoms with Crippen LogP contribution in [0.2, 0.25) is 0 Å². The first-order valence-electron chi connectivity index (χ1n) is 7.32. The molecular weight excluding hydrogens is 262 g/mol. The van der Waals surface area contributed by atoms with Crippen LogP contribution >= 0.6 is 11.8 Å². The number of benzene rings is 2. The van der Waals surface area contributed by atoms with E-state index in [1.54, 1.807) is 0 Å². The molecule has 0 amide bonds. The van der Waals surface area contributed by atoms with Crippen LogP contribution in [0.1, 0.15) is 17.5 Å². The van der Waals surface area contributed by atoms with E-state index in [-0.39, 0.29) is 0 Å². The smallest absolute Gasteiger partial charge is 0.0289 e. The lowest BCUT2D eigenvalue weighted by atomic mass is 9.99. The third kappa shape index (κ3) is 3.08. The van der Waals surface area contributed by atoms with Gasteiger partial charge in [-0.2, -0.15) is 0 Å². The summed E-state index contributed by atoms with van der Waals surface area (Å²) in [6, 6.07) is 20.2. The molecule has 2 aromatic carbocycles. The summed E-state index contributed by atoms with van der Waals surface area (Å²) in [5.74, 6) is 0. The van der Waals surface area contributed by atoms with Crippen molar-refractivity contribution < 1.29 is 0 Å². The van der Waals surface area contributed by atoms with E-state index in [1.165, 1.54) is 28.9 Å². The highest BCUT2D eigenvalue weighted by atomic mass is 32.2. The highest BCUT2D eigenvalue weighted by Gasteiger charge is 2.28. The van der Waals surface area contributed by atoms with Gasteiger partial charge in [0.2, 0.25) is 0 Å². The van der Waals surface area contributed by atoms with Crippen LogP contribution in [0.25, 0.3) is 0 Å². The van der Waals surface area contributed by atoms with E-state index in [4.69, 9.17) is 0 Å². The van der Waals surface area contributed by atoms with Crippen LogP contribution in [0.4, 0.5) is 0 Å². The molecule has 1 nitrogen and oxygen atoms in total. The summed E-state index contributed by atoms with van der Waals surface area (Å²) >= 11 is 2.04. The molecule has 0 aliphatic carbocycles. The largest absolute Gasteiger partial charge is 0.316 e. The zero-order valence-corrected chi connectivity index (χ0v) is 12.7. The molecule has 0 saturated carbocycles. The van der Waals surface area contributed by atoms with E-state index < -0.39 is 0 Å². The Bertz CT molecular complexity index is 527. The molecular formula is C18H21NS. The highest BCUT2D eigenvalue weighted by Crippen LogP contribution is 2.39. The monoisotopic (exact) mass is 283 g/mol. The Labute approximate surface area is 125 Å². The Morgan fingerprint density at radius 2 is 1.85 bits per heavy atom. The number of hydrogen-bond donors (Lipinski definition) is 1. The Hall–Kier alpha value is -1.25. The second-order valence-corrected chi connectivity index (χ2v) is 6.67. The summed E-state index contributed by atoms with van der Waals surface area (Å²) in [6.07, 6.45) is 3.55. The van der Waals surface area contributed by atoms with E-state index in [0.29, 0.717) is 11.3 Å². The summed E-state index contributed by atoms with van der Waals surface area (Å²) in [7, 11) is 2.10. The lowest BCUT2D eigenvalue weighted by Gasteiger charge is -2.22. The van der Waals surface area contributed by atoms with Gasteiger partial charge in [0.1, 0.15) is 0 Å². The van der Waals surface area contributed by atoms with E-state index in [1.807, 2.05) is 11.8 Å². The first-order chi connectivity index (χ1) is 9.86. The molecule has 0 saturated heterocycles. The molecule has 3 rings (SSSR count). The molecule has 2 unspecified atom stereocenters. The molecule has 0 fully saturated rings. The predicted molar refractivity (Wildman–Crippen MR) is 87.4 cm³/mol. The van der Waals surface area contributed by atoms with Gasteiger partial charge in [-0.1, -0.05) is 48.5 Å². The van der Waals surface area contributed by atoms with Crippen molar-refractivity contribution in [3.8, 4) is 0 Å². The fourth-order valence-electron chi connectivity index (χ4n) is 2.92. The maximum Gasteiger partial charge on any atom is 0.0289 e. The first kappa shape index (κ1) is 13.7. The standard InChI is InChI=1S/C18H21NS/c1-19-16(12-11-14-7-3-2-4-8-14)18-13-15-9-5-6-10-17(15)20-18/h2-10,16,18-19H,11-13H2,1H3. The number of aryl methyl sites for hydroxylation is 1. The molecule has 1 heterocycles. The van der Waals surface area contributed by atoms with Crippen molar-refractivity contribution in [1.29, 1.82) is 0 Å². The van der Waals surface area contributed by atoms with E-state index in [9.17, 15) is 0 Å². The fraction of sp³-hybridized carbons (Fsp3) is 0.333. The van der Waals surface area contributed by atoms with E-state index >= 15 is 0 Å². The normalized spacial score (nSPS) is 18.8. The maximum atomic E-state index is 3.53. The number of nitrogens with one attached hydrogen (secondary N) is 1. The molecule has 0 bridgehead atoms. The lowest BCUT2D eigenvalue weighted by Crippen LogP contribution is -2.36. The van der Waals surface area contributed by atoms with Crippen LogP contribution in [0.3, 0.4) is 0 Å². The first-order valence-corrected chi connectivity index (χ1v) is 8.20. The average Bonchev–Trinajstić information content (AvgIpc) is 2.92. The Balaban J connectivity index is 1.61. The minimum atomic E-state index is 0.576. The van der Waals surface area contributed by atoms with Gasteiger partial charge in [0, 0.05) is 16.2 Å². The van der Waals surface area contributed by atoms with E-state index in [2.05, 4.69) is 67.0 Å². The van der Waals surface area contributed by atoms with Gasteiger partial charge in [-0.3, -0.25) is 0 Å². The van der Waals surface area contributed by atoms with Gasteiger partial charge >= 0.3 is 0 Å². The molecule has 20 heavy (non-hydrogen) atoms. The minimum absolute atomic E-state index is 0.576. The summed E-state index contributed by atoms with van der Waals surface area (Å²) in [5, 5.41) is 4.20. The van der Waals surface area contributed by atoms with Crippen LogP contribution in [0, 0.1) is 0 Å². The summed E-state index contributed by atoms with van der Waals surface area (Å²) in [5.41, 5.74) is 2.95. The Morgan fingerprint density at radius 3 is 2.60 bits per heavy atom. The van der Waals surface area contributed by atoms with Crippen LogP contribution in [0.5, 0.6) is 0 Å². The lowest BCUT2D eigenvalue weighted by molar-refractivity contribution is 0.504. The zero-order chi connectivity index (χ0) is 13.8. The molecule has 1 N–H and O–H groups in total. The molecule has 1 aliphatic rings. The van der Waals surface area contributed by atoms with Crippen LogP contribution in [-0.2, 0) is 12.8 Å². The summed E-state index contributed by atoms with van der Waals surface area (Å²) in [6.45, 7) is 0. The van der Waals surface area contributed by atoms with Crippen molar-refractivity contribution in [1.82, 2.24) is 5.32 Å². The molecule has 1 aliphatic heterocycles. The molecule has 2 atom stereocenters. The van der Waals surface area contributed by atoms with Crippen molar-refractivity contribution in [2.24, 2.45) is 0 Å². The van der Waals surface area contributed by atoms with Crippen LogP contribution in [-0.4, -0.2) is 18.3 Å². The van der Waals surface area contributed by atoms with Gasteiger partial charge in [0.25, 0.3) is 0 Å². The topological polar surface area (TPSA) is 12.0 Å². The summed E-state index contributed by atoms with van der Waals surface area (Å²) in [4.78, 5) is 1.47. The van der Waals surface area contributed by atoms with Gasteiger partial charge in [-0.25, -0.2) is 0 Å². The molecule has 2 aromatic rings.